The molecule has 1 saturated heterocycles. The van der Waals surface area contributed by atoms with E-state index >= 15 is 0 Å². The number of carbonyl (C=O) groups is 2. The van der Waals surface area contributed by atoms with Gasteiger partial charge in [0.1, 0.15) is 11.9 Å². The fourth-order valence-corrected chi connectivity index (χ4v) is 4.14. The zero-order valence-corrected chi connectivity index (χ0v) is 16.3. The van der Waals surface area contributed by atoms with Crippen LogP contribution in [0.4, 0.5) is 5.69 Å². The van der Waals surface area contributed by atoms with Crippen molar-refractivity contribution in [2.24, 2.45) is 0 Å². The van der Waals surface area contributed by atoms with Gasteiger partial charge in [0.15, 0.2) is 0 Å². The van der Waals surface area contributed by atoms with Gasteiger partial charge in [-0.25, -0.2) is 0 Å². The molecule has 6 nitrogen and oxygen atoms in total. The van der Waals surface area contributed by atoms with Gasteiger partial charge in [-0.2, -0.15) is 0 Å². The van der Waals surface area contributed by atoms with Gasteiger partial charge in [0.25, 0.3) is 11.8 Å². The first-order valence-electron chi connectivity index (χ1n) is 9.68. The monoisotopic (exact) mass is 379 g/mol. The normalized spacial score (nSPS) is 18.4. The second-order valence-electron chi connectivity index (χ2n) is 7.31. The van der Waals surface area contributed by atoms with Crippen molar-refractivity contribution in [1.82, 2.24) is 10.2 Å². The van der Waals surface area contributed by atoms with Crippen molar-refractivity contribution < 1.29 is 14.3 Å². The van der Waals surface area contributed by atoms with Gasteiger partial charge in [-0.15, -0.1) is 0 Å². The number of para-hydroxylation sites is 1. The van der Waals surface area contributed by atoms with Crippen LogP contribution in [-0.4, -0.2) is 43.6 Å². The Bertz CT molecular complexity index is 912. The fourth-order valence-electron chi connectivity index (χ4n) is 4.14. The number of carbonyl (C=O) groups excluding carboxylic acids is 2. The van der Waals surface area contributed by atoms with Crippen LogP contribution in [0.5, 0.6) is 5.75 Å². The molecule has 0 saturated carbocycles. The highest BCUT2D eigenvalue weighted by Crippen LogP contribution is 2.34. The van der Waals surface area contributed by atoms with E-state index in [4.69, 9.17) is 4.74 Å². The Labute approximate surface area is 165 Å². The van der Waals surface area contributed by atoms with E-state index in [1.54, 1.807) is 19.2 Å². The SMILES string of the molecule is COc1ccccc1CNC(=O)c1ccc2c(c1)N(C)[C@@H]1CCCCN1C2=O. The van der Waals surface area contributed by atoms with Crippen LogP contribution < -0.4 is 15.0 Å². The van der Waals surface area contributed by atoms with E-state index in [0.717, 1.165) is 42.8 Å². The van der Waals surface area contributed by atoms with Gasteiger partial charge in [-0.3, -0.25) is 9.59 Å². The molecule has 2 aliphatic heterocycles. The maximum Gasteiger partial charge on any atom is 0.257 e. The predicted molar refractivity (Wildman–Crippen MR) is 108 cm³/mol. The lowest BCUT2D eigenvalue weighted by atomic mass is 9.97. The lowest BCUT2D eigenvalue weighted by Gasteiger charge is -2.46. The van der Waals surface area contributed by atoms with Crippen molar-refractivity contribution in [3.05, 3.63) is 59.2 Å². The standard InChI is InChI=1S/C22H25N3O3/c1-24-18-13-15(21(26)23-14-16-7-3-4-8-19(16)28-2)10-11-17(18)22(27)25-12-6-5-9-20(24)25/h3-4,7-8,10-11,13,20H,5-6,9,12,14H2,1-2H3,(H,23,26)/t20-/m0/s1. The summed E-state index contributed by atoms with van der Waals surface area (Å²) in [5, 5.41) is 2.95. The summed E-state index contributed by atoms with van der Waals surface area (Å²) in [6, 6.07) is 12.9. The topological polar surface area (TPSA) is 61.9 Å². The highest BCUT2D eigenvalue weighted by atomic mass is 16.5. The molecule has 0 aromatic heterocycles. The third-order valence-corrected chi connectivity index (χ3v) is 5.68. The summed E-state index contributed by atoms with van der Waals surface area (Å²) < 4.78 is 5.33. The smallest absolute Gasteiger partial charge is 0.257 e. The number of amides is 2. The van der Waals surface area contributed by atoms with E-state index in [1.165, 1.54) is 0 Å². The molecule has 0 unspecified atom stereocenters. The molecule has 1 fully saturated rings. The van der Waals surface area contributed by atoms with Crippen LogP contribution in [0.15, 0.2) is 42.5 Å². The number of benzene rings is 2. The zero-order chi connectivity index (χ0) is 19.7. The number of fused-ring (bicyclic) bond motifs is 2. The van der Waals surface area contributed by atoms with Crippen molar-refractivity contribution in [2.75, 3.05) is 25.6 Å². The number of nitrogens with one attached hydrogen (secondary N) is 1. The van der Waals surface area contributed by atoms with Crippen LogP contribution in [-0.2, 0) is 6.54 Å². The lowest BCUT2D eigenvalue weighted by Crippen LogP contribution is -2.55. The third kappa shape index (κ3) is 3.19. The minimum Gasteiger partial charge on any atom is -0.496 e. The molecule has 0 spiro atoms. The second kappa shape index (κ2) is 7.54. The van der Waals surface area contributed by atoms with Gasteiger partial charge in [-0.05, 0) is 43.5 Å². The fraction of sp³-hybridized carbons (Fsp3) is 0.364. The average molecular weight is 379 g/mol. The van der Waals surface area contributed by atoms with Gasteiger partial charge in [-0.1, -0.05) is 18.2 Å². The molecule has 6 heteroatoms. The molecule has 0 bridgehead atoms. The minimum atomic E-state index is -0.166. The van der Waals surface area contributed by atoms with E-state index in [-0.39, 0.29) is 18.0 Å². The van der Waals surface area contributed by atoms with Crippen LogP contribution >= 0.6 is 0 Å². The average Bonchev–Trinajstić information content (AvgIpc) is 2.75. The highest BCUT2D eigenvalue weighted by molar-refractivity contribution is 6.04. The number of rotatable bonds is 4. The summed E-state index contributed by atoms with van der Waals surface area (Å²) >= 11 is 0. The summed E-state index contributed by atoms with van der Waals surface area (Å²) in [6.45, 7) is 1.18. The molecule has 2 amide bonds. The summed E-state index contributed by atoms with van der Waals surface area (Å²) in [6.07, 6.45) is 3.22. The summed E-state index contributed by atoms with van der Waals surface area (Å²) in [7, 11) is 3.62. The predicted octanol–water partition coefficient (Wildman–Crippen LogP) is 3.03. The van der Waals surface area contributed by atoms with Crippen molar-refractivity contribution in [2.45, 2.75) is 32.0 Å². The molecule has 146 valence electrons. The van der Waals surface area contributed by atoms with Gasteiger partial charge in [0, 0.05) is 31.3 Å². The molecule has 0 aliphatic carbocycles. The summed E-state index contributed by atoms with van der Waals surface area (Å²) in [5.41, 5.74) is 2.97. The molecule has 4 rings (SSSR count). The number of hydrogen-bond acceptors (Lipinski definition) is 4. The highest BCUT2D eigenvalue weighted by Gasteiger charge is 2.37. The van der Waals surface area contributed by atoms with E-state index in [1.807, 2.05) is 42.3 Å². The molecule has 1 atom stereocenters. The number of piperidine rings is 1. The van der Waals surface area contributed by atoms with Crippen LogP contribution in [0.2, 0.25) is 0 Å². The Hall–Kier alpha value is -3.02. The van der Waals surface area contributed by atoms with Crippen LogP contribution in [0, 0.1) is 0 Å². The van der Waals surface area contributed by atoms with Gasteiger partial charge in [0.05, 0.1) is 18.4 Å². The van der Waals surface area contributed by atoms with Gasteiger partial charge >= 0.3 is 0 Å². The maximum atomic E-state index is 12.8. The van der Waals surface area contributed by atoms with Crippen LogP contribution in [0.25, 0.3) is 0 Å². The molecule has 2 heterocycles. The Morgan fingerprint density at radius 1 is 1.21 bits per heavy atom. The van der Waals surface area contributed by atoms with Crippen LogP contribution in [0.1, 0.15) is 45.5 Å². The quantitative estimate of drug-likeness (QED) is 0.887. The van der Waals surface area contributed by atoms with E-state index in [0.29, 0.717) is 17.7 Å². The largest absolute Gasteiger partial charge is 0.496 e. The number of nitrogens with zero attached hydrogens (tertiary/aromatic N) is 2. The third-order valence-electron chi connectivity index (χ3n) is 5.68. The van der Waals surface area contributed by atoms with Crippen molar-refractivity contribution in [3.8, 4) is 5.75 Å². The molecular formula is C22H25N3O3. The van der Waals surface area contributed by atoms with Crippen molar-refractivity contribution in [1.29, 1.82) is 0 Å². The first-order valence-corrected chi connectivity index (χ1v) is 9.68. The second-order valence-corrected chi connectivity index (χ2v) is 7.31. The number of methoxy groups -OCH3 is 1. The summed E-state index contributed by atoms with van der Waals surface area (Å²) in [5.74, 6) is 0.648. The van der Waals surface area contributed by atoms with E-state index in [2.05, 4.69) is 10.2 Å². The van der Waals surface area contributed by atoms with Crippen molar-refractivity contribution in [3.63, 3.8) is 0 Å². The Kier molecular flexibility index (Phi) is 4.94. The Morgan fingerprint density at radius 3 is 2.86 bits per heavy atom. The molecule has 28 heavy (non-hydrogen) atoms. The molecule has 2 aliphatic rings. The Morgan fingerprint density at radius 2 is 2.04 bits per heavy atom. The molecular weight excluding hydrogens is 354 g/mol. The Balaban J connectivity index is 1.54. The van der Waals surface area contributed by atoms with Gasteiger partial charge < -0.3 is 19.9 Å². The molecule has 2 aromatic rings. The molecule has 0 radical (unpaired) electrons. The number of anilines is 1. The van der Waals surface area contributed by atoms with E-state index < -0.39 is 0 Å². The lowest BCUT2D eigenvalue weighted by molar-refractivity contribution is 0.0589. The molecule has 2 aromatic carbocycles. The van der Waals surface area contributed by atoms with Crippen molar-refractivity contribution >= 4 is 17.5 Å². The van der Waals surface area contributed by atoms with Crippen LogP contribution in [0.3, 0.4) is 0 Å². The summed E-state index contributed by atoms with van der Waals surface area (Å²) in [4.78, 5) is 29.6. The van der Waals surface area contributed by atoms with Gasteiger partial charge in [0.2, 0.25) is 0 Å². The first kappa shape index (κ1) is 18.3. The first-order chi connectivity index (χ1) is 13.6. The number of hydrogen-bond donors (Lipinski definition) is 1. The zero-order valence-electron chi connectivity index (χ0n) is 16.3. The maximum absolute atomic E-state index is 12.8. The van der Waals surface area contributed by atoms with E-state index in [9.17, 15) is 9.59 Å². The molecule has 1 N–H and O–H groups in total. The minimum absolute atomic E-state index is 0.0683. The number of ether oxygens (including phenoxy) is 1.